The molecule has 5 nitrogen and oxygen atoms in total. The van der Waals surface area contributed by atoms with Gasteiger partial charge in [0.1, 0.15) is 5.75 Å². The first kappa shape index (κ1) is 20.5. The van der Waals surface area contributed by atoms with Crippen molar-refractivity contribution >= 4 is 11.9 Å². The lowest BCUT2D eigenvalue weighted by atomic mass is 9.97. The summed E-state index contributed by atoms with van der Waals surface area (Å²) < 4.78 is 5.60. The molecule has 2 atom stereocenters. The van der Waals surface area contributed by atoms with Crippen LogP contribution in [0.15, 0.2) is 54.6 Å². The summed E-state index contributed by atoms with van der Waals surface area (Å²) in [6.07, 6.45) is 0.0480. The van der Waals surface area contributed by atoms with Gasteiger partial charge < -0.3 is 20.0 Å². The van der Waals surface area contributed by atoms with E-state index in [1.165, 1.54) is 0 Å². The third-order valence-corrected chi connectivity index (χ3v) is 4.22. The van der Waals surface area contributed by atoms with E-state index in [0.717, 1.165) is 5.56 Å². The number of carbonyl (C=O) groups excluding carboxylic acids is 2. The van der Waals surface area contributed by atoms with Gasteiger partial charge in [0.25, 0.3) is 0 Å². The fourth-order valence-corrected chi connectivity index (χ4v) is 2.90. The monoisotopic (exact) mass is 368 g/mol. The van der Waals surface area contributed by atoms with Gasteiger partial charge in [-0.3, -0.25) is 4.79 Å². The number of hydrogen-bond donors (Lipinski definition) is 1. The summed E-state index contributed by atoms with van der Waals surface area (Å²) in [5, 5.41) is 14.0. The highest BCUT2D eigenvalue weighted by atomic mass is 16.5. The summed E-state index contributed by atoms with van der Waals surface area (Å²) >= 11 is 0. The molecule has 1 N–H and O–H groups in total. The summed E-state index contributed by atoms with van der Waals surface area (Å²) in [4.78, 5) is 23.6. The number of ether oxygens (including phenoxy) is 1. The number of aliphatic carboxylic acids is 1. The first-order valence-electron chi connectivity index (χ1n) is 9.16. The molecule has 0 heterocycles. The largest absolute Gasteiger partial charge is 0.550 e. The van der Waals surface area contributed by atoms with Crippen LogP contribution in [0, 0.1) is 0 Å². The average Bonchev–Trinajstić information content (AvgIpc) is 2.61. The van der Waals surface area contributed by atoms with Crippen LogP contribution >= 0.6 is 0 Å². The predicted molar refractivity (Wildman–Crippen MR) is 102 cm³/mol. The quantitative estimate of drug-likeness (QED) is 0.738. The first-order chi connectivity index (χ1) is 12.8. The summed E-state index contributed by atoms with van der Waals surface area (Å²) in [5.41, 5.74) is 1.77. The van der Waals surface area contributed by atoms with Crippen molar-refractivity contribution in [1.29, 1.82) is 0 Å². The maximum atomic E-state index is 12.5. The Labute approximate surface area is 160 Å². The van der Waals surface area contributed by atoms with Crippen molar-refractivity contribution < 1.29 is 19.4 Å². The Morgan fingerprint density at radius 1 is 0.926 bits per heavy atom. The lowest BCUT2D eigenvalue weighted by molar-refractivity contribution is -0.306. The van der Waals surface area contributed by atoms with Gasteiger partial charge in [-0.1, -0.05) is 49.4 Å². The third-order valence-electron chi connectivity index (χ3n) is 4.22. The van der Waals surface area contributed by atoms with E-state index in [4.69, 9.17) is 4.74 Å². The van der Waals surface area contributed by atoms with E-state index >= 15 is 0 Å². The van der Waals surface area contributed by atoms with Crippen molar-refractivity contribution in [2.45, 2.75) is 51.7 Å². The second-order valence-corrected chi connectivity index (χ2v) is 6.95. The fraction of sp³-hybridized carbons (Fsp3) is 0.364. The molecule has 0 unspecified atom stereocenters. The minimum Gasteiger partial charge on any atom is -0.550 e. The van der Waals surface area contributed by atoms with E-state index in [-0.39, 0.29) is 30.8 Å². The molecule has 0 spiro atoms. The molecule has 0 aliphatic heterocycles. The number of amides is 1. The number of carbonyl (C=O) groups is 2. The molecule has 0 aromatic heterocycles. The van der Waals surface area contributed by atoms with Gasteiger partial charge in [0, 0.05) is 18.8 Å². The van der Waals surface area contributed by atoms with Crippen LogP contribution in [0.25, 0.3) is 0 Å². The Bertz CT molecular complexity index is 741. The minimum atomic E-state index is -1.21. The molecule has 0 bridgehead atoms. The van der Waals surface area contributed by atoms with Gasteiger partial charge in [0.05, 0.1) is 12.1 Å². The van der Waals surface area contributed by atoms with Crippen LogP contribution in [0.4, 0.5) is 0 Å². The van der Waals surface area contributed by atoms with Crippen LogP contribution in [0.5, 0.6) is 5.75 Å². The number of carboxylic acid groups (broad SMARTS) is 1. The number of nitrogens with one attached hydrogen (secondary N) is 1. The van der Waals surface area contributed by atoms with Gasteiger partial charge in [0.15, 0.2) is 0 Å². The Balaban J connectivity index is 2.05. The minimum absolute atomic E-state index is 0.0385. The van der Waals surface area contributed by atoms with Gasteiger partial charge >= 0.3 is 0 Å². The number of rotatable bonds is 9. The van der Waals surface area contributed by atoms with Crippen LogP contribution in [-0.4, -0.2) is 18.0 Å². The lowest BCUT2D eigenvalue weighted by Crippen LogP contribution is -2.34. The van der Waals surface area contributed by atoms with Gasteiger partial charge in [-0.2, -0.15) is 0 Å². The number of carboxylic acids is 1. The zero-order valence-corrected chi connectivity index (χ0v) is 16.0. The number of hydrogen-bond acceptors (Lipinski definition) is 4. The third kappa shape index (κ3) is 6.77. The van der Waals surface area contributed by atoms with Crippen LogP contribution in [-0.2, 0) is 9.59 Å². The molecule has 0 radical (unpaired) electrons. The zero-order chi connectivity index (χ0) is 19.8. The summed E-state index contributed by atoms with van der Waals surface area (Å²) in [6.45, 7) is 5.84. The Morgan fingerprint density at radius 3 is 2.11 bits per heavy atom. The van der Waals surface area contributed by atoms with Crippen molar-refractivity contribution in [2.24, 2.45) is 0 Å². The molecule has 1 amide bonds. The second kappa shape index (κ2) is 9.76. The molecule has 2 aromatic rings. The van der Waals surface area contributed by atoms with Crippen LogP contribution < -0.4 is 15.2 Å². The molecule has 0 aliphatic carbocycles. The highest BCUT2D eigenvalue weighted by Gasteiger charge is 2.18. The van der Waals surface area contributed by atoms with Crippen LogP contribution in [0.2, 0.25) is 0 Å². The summed E-state index contributed by atoms with van der Waals surface area (Å²) in [6, 6.07) is 16.2. The highest BCUT2D eigenvalue weighted by Crippen LogP contribution is 2.23. The molecule has 0 saturated heterocycles. The van der Waals surface area contributed by atoms with Crippen molar-refractivity contribution in [3.63, 3.8) is 0 Å². The van der Waals surface area contributed by atoms with E-state index in [2.05, 4.69) is 5.32 Å². The molecule has 0 saturated carbocycles. The Kier molecular flexibility index (Phi) is 7.41. The number of benzene rings is 2. The fourth-order valence-electron chi connectivity index (χ4n) is 2.90. The van der Waals surface area contributed by atoms with Crippen LogP contribution in [0.3, 0.4) is 0 Å². The van der Waals surface area contributed by atoms with Crippen molar-refractivity contribution in [1.82, 2.24) is 5.32 Å². The van der Waals surface area contributed by atoms with E-state index in [1.54, 1.807) is 24.3 Å². The van der Waals surface area contributed by atoms with Gasteiger partial charge in [-0.25, -0.2) is 0 Å². The van der Waals surface area contributed by atoms with Crippen molar-refractivity contribution in [3.05, 3.63) is 65.7 Å². The molecular weight excluding hydrogens is 342 g/mol. The van der Waals surface area contributed by atoms with Crippen LogP contribution in [0.1, 0.15) is 56.7 Å². The Morgan fingerprint density at radius 2 is 1.56 bits per heavy atom. The highest BCUT2D eigenvalue weighted by molar-refractivity contribution is 5.78. The van der Waals surface area contributed by atoms with Gasteiger partial charge in [0.2, 0.25) is 5.91 Å². The maximum Gasteiger partial charge on any atom is 0.221 e. The molecule has 144 valence electrons. The lowest BCUT2D eigenvalue weighted by Gasteiger charge is -2.21. The second-order valence-electron chi connectivity index (χ2n) is 6.95. The Hall–Kier alpha value is -2.82. The molecule has 0 fully saturated rings. The zero-order valence-electron chi connectivity index (χ0n) is 16.0. The van der Waals surface area contributed by atoms with Gasteiger partial charge in [-0.05, 0) is 43.0 Å². The topological polar surface area (TPSA) is 78.5 Å². The summed E-state index contributed by atoms with van der Waals surface area (Å²) in [5.74, 6) is -0.666. The molecule has 0 aliphatic rings. The first-order valence-corrected chi connectivity index (χ1v) is 9.16. The van der Waals surface area contributed by atoms with E-state index in [0.29, 0.717) is 11.3 Å². The molecule has 2 aromatic carbocycles. The molecular formula is C22H26NO4-. The van der Waals surface area contributed by atoms with Crippen molar-refractivity contribution in [3.8, 4) is 5.75 Å². The summed E-state index contributed by atoms with van der Waals surface area (Å²) in [7, 11) is 0. The molecule has 5 heteroatoms. The average molecular weight is 368 g/mol. The molecule has 2 rings (SSSR count). The van der Waals surface area contributed by atoms with Gasteiger partial charge in [-0.15, -0.1) is 0 Å². The SMILES string of the molecule is CC(C)Oc1ccc([C@H](CC(=O)[O-])NC(=O)C[C@@H](C)c2ccccc2)cc1. The van der Waals surface area contributed by atoms with E-state index in [9.17, 15) is 14.7 Å². The smallest absolute Gasteiger partial charge is 0.221 e. The normalized spacial score (nSPS) is 13.0. The van der Waals surface area contributed by atoms with Crippen molar-refractivity contribution in [2.75, 3.05) is 0 Å². The van der Waals surface area contributed by atoms with E-state index in [1.807, 2.05) is 51.1 Å². The maximum absolute atomic E-state index is 12.5. The molecule has 27 heavy (non-hydrogen) atoms. The standard InChI is InChI=1S/C22H27NO4/c1-15(2)27-19-11-9-18(10-12-19)20(14-22(25)26)23-21(24)13-16(3)17-7-5-4-6-8-17/h4-12,15-16,20H,13-14H2,1-3H3,(H,23,24)(H,25,26)/p-1/t16-,20+/m1/s1. The predicted octanol–water partition coefficient (Wildman–Crippen LogP) is 2.96. The van der Waals surface area contributed by atoms with E-state index < -0.39 is 12.0 Å².